The van der Waals surface area contributed by atoms with Gasteiger partial charge in [-0.3, -0.25) is 0 Å². The first-order valence-corrected chi connectivity index (χ1v) is 12.7. The lowest BCUT2D eigenvalue weighted by Gasteiger charge is -2.10. The molecule has 8 nitrogen and oxygen atoms in total. The maximum atomic E-state index is 5.47. The van der Waals surface area contributed by atoms with Gasteiger partial charge in [0.05, 0.1) is 0 Å². The zero-order valence-corrected chi connectivity index (χ0v) is 20.7. The van der Waals surface area contributed by atoms with Gasteiger partial charge in [0.15, 0.2) is 0 Å². The van der Waals surface area contributed by atoms with Crippen LogP contribution in [0.4, 0.5) is 0 Å². The fourth-order valence-corrected chi connectivity index (χ4v) is 3.60. The molecular formula is C26H46N8. The van der Waals surface area contributed by atoms with E-state index in [4.69, 9.17) is 11.5 Å². The van der Waals surface area contributed by atoms with Gasteiger partial charge in [0, 0.05) is 91.6 Å². The van der Waals surface area contributed by atoms with Crippen molar-refractivity contribution in [1.82, 2.24) is 31.9 Å². The molecule has 34 heavy (non-hydrogen) atoms. The zero-order chi connectivity index (χ0) is 24.1. The Morgan fingerprint density at radius 2 is 0.794 bits per heavy atom. The molecule has 0 saturated heterocycles. The number of rotatable bonds is 21. The molecular weight excluding hydrogens is 424 g/mol. The van der Waals surface area contributed by atoms with Crippen molar-refractivity contribution < 1.29 is 0 Å². The van der Waals surface area contributed by atoms with Crippen molar-refractivity contribution in [2.24, 2.45) is 11.5 Å². The molecule has 2 aromatic rings. The summed E-state index contributed by atoms with van der Waals surface area (Å²) in [5.74, 6) is 0. The minimum Gasteiger partial charge on any atom is -0.329 e. The Morgan fingerprint density at radius 3 is 1.18 bits per heavy atom. The van der Waals surface area contributed by atoms with Crippen molar-refractivity contribution in [3.8, 4) is 11.1 Å². The van der Waals surface area contributed by atoms with Gasteiger partial charge < -0.3 is 43.4 Å². The fourth-order valence-electron chi connectivity index (χ4n) is 3.60. The number of hydrogen-bond donors (Lipinski definition) is 8. The van der Waals surface area contributed by atoms with Gasteiger partial charge in [-0.25, -0.2) is 0 Å². The molecule has 8 heteroatoms. The summed E-state index contributed by atoms with van der Waals surface area (Å²) in [6.07, 6.45) is 0. The molecule has 0 atom stereocenters. The second-order valence-electron chi connectivity index (χ2n) is 8.33. The summed E-state index contributed by atoms with van der Waals surface area (Å²) in [5, 5.41) is 20.5. The van der Waals surface area contributed by atoms with Crippen molar-refractivity contribution in [1.29, 1.82) is 0 Å². The van der Waals surface area contributed by atoms with E-state index in [0.717, 1.165) is 78.5 Å². The van der Waals surface area contributed by atoms with Crippen LogP contribution < -0.4 is 43.4 Å². The molecule has 0 bridgehead atoms. The van der Waals surface area contributed by atoms with E-state index in [-0.39, 0.29) is 0 Å². The Hall–Kier alpha value is -1.88. The third kappa shape index (κ3) is 13.1. The molecule has 0 fully saturated rings. The molecule has 0 aromatic heterocycles. The summed E-state index contributed by atoms with van der Waals surface area (Å²) in [7, 11) is 0. The highest BCUT2D eigenvalue weighted by Gasteiger charge is 2.02. The van der Waals surface area contributed by atoms with E-state index >= 15 is 0 Å². The molecule has 0 spiro atoms. The lowest BCUT2D eigenvalue weighted by atomic mass is 10.0. The Balaban J connectivity index is 1.66. The largest absolute Gasteiger partial charge is 0.329 e. The first kappa shape index (κ1) is 28.4. The minimum absolute atomic E-state index is 0.689. The van der Waals surface area contributed by atoms with Gasteiger partial charge in [0.1, 0.15) is 0 Å². The first-order chi connectivity index (χ1) is 16.8. The Morgan fingerprint density at radius 1 is 0.441 bits per heavy atom. The predicted octanol–water partition coefficient (Wildman–Crippen LogP) is -0.191. The molecule has 0 saturated carbocycles. The maximum absolute atomic E-state index is 5.47. The van der Waals surface area contributed by atoms with E-state index in [9.17, 15) is 0 Å². The second-order valence-corrected chi connectivity index (χ2v) is 8.33. The third-order valence-electron chi connectivity index (χ3n) is 5.40. The molecule has 10 N–H and O–H groups in total. The van der Waals surface area contributed by atoms with Crippen LogP contribution in [-0.4, -0.2) is 78.5 Å². The molecule has 0 unspecified atom stereocenters. The SMILES string of the molecule is NCCNCCNCCNCc1cccc(-c2cccc(CNCCNCCNCCN)c2)c1. The lowest BCUT2D eigenvalue weighted by Crippen LogP contribution is -2.34. The molecule has 0 amide bonds. The van der Waals surface area contributed by atoms with E-state index in [0.29, 0.717) is 13.1 Å². The van der Waals surface area contributed by atoms with Gasteiger partial charge >= 0.3 is 0 Å². The van der Waals surface area contributed by atoms with Gasteiger partial charge in [-0.15, -0.1) is 0 Å². The standard InChI is InChI=1S/C26H46N8/c27-7-9-29-11-13-31-15-17-33-21-23-3-1-5-25(19-23)26-6-2-4-24(20-26)22-34-18-16-32-14-12-30-10-8-28/h1-6,19-20,29-34H,7-18,21-22,27-28H2. The normalized spacial score (nSPS) is 11.2. The monoisotopic (exact) mass is 470 g/mol. The van der Waals surface area contributed by atoms with E-state index in [1.165, 1.54) is 22.3 Å². The lowest BCUT2D eigenvalue weighted by molar-refractivity contribution is 0.583. The molecule has 0 radical (unpaired) electrons. The second kappa shape index (κ2) is 19.4. The summed E-state index contributed by atoms with van der Waals surface area (Å²) in [6, 6.07) is 17.6. The van der Waals surface area contributed by atoms with E-state index in [2.05, 4.69) is 80.4 Å². The summed E-state index contributed by atoms with van der Waals surface area (Å²) in [5.41, 5.74) is 16.1. The van der Waals surface area contributed by atoms with Gasteiger partial charge in [0.25, 0.3) is 0 Å². The molecule has 0 heterocycles. The van der Waals surface area contributed by atoms with E-state index in [1.807, 2.05) is 0 Å². The van der Waals surface area contributed by atoms with Crippen LogP contribution in [0.2, 0.25) is 0 Å². The van der Waals surface area contributed by atoms with Gasteiger partial charge in [0.2, 0.25) is 0 Å². The Kier molecular flexibility index (Phi) is 16.2. The van der Waals surface area contributed by atoms with Crippen molar-refractivity contribution in [2.75, 3.05) is 78.5 Å². The maximum Gasteiger partial charge on any atom is 0.0206 e. The number of nitrogens with one attached hydrogen (secondary N) is 6. The van der Waals surface area contributed by atoms with Gasteiger partial charge in [-0.1, -0.05) is 36.4 Å². The van der Waals surface area contributed by atoms with Gasteiger partial charge in [-0.05, 0) is 34.4 Å². The number of benzene rings is 2. The van der Waals surface area contributed by atoms with Crippen molar-refractivity contribution in [3.05, 3.63) is 59.7 Å². The Labute approximate surface area is 206 Å². The Bertz CT molecular complexity index is 692. The summed E-state index contributed by atoms with van der Waals surface area (Å²) in [6.45, 7) is 12.5. The van der Waals surface area contributed by atoms with Crippen LogP contribution in [0.25, 0.3) is 11.1 Å². The molecule has 0 aliphatic carbocycles. The highest BCUT2D eigenvalue weighted by molar-refractivity contribution is 5.64. The summed E-state index contributed by atoms with van der Waals surface area (Å²) >= 11 is 0. The molecule has 2 rings (SSSR count). The van der Waals surface area contributed by atoms with Crippen molar-refractivity contribution in [2.45, 2.75) is 13.1 Å². The highest BCUT2D eigenvalue weighted by Crippen LogP contribution is 2.21. The van der Waals surface area contributed by atoms with E-state index in [1.54, 1.807) is 0 Å². The summed E-state index contributed by atoms with van der Waals surface area (Å²) in [4.78, 5) is 0. The van der Waals surface area contributed by atoms with Crippen LogP contribution in [0.1, 0.15) is 11.1 Å². The van der Waals surface area contributed by atoms with Crippen molar-refractivity contribution >= 4 is 0 Å². The molecule has 190 valence electrons. The van der Waals surface area contributed by atoms with Crippen LogP contribution in [0.5, 0.6) is 0 Å². The van der Waals surface area contributed by atoms with Crippen LogP contribution in [0.3, 0.4) is 0 Å². The zero-order valence-electron chi connectivity index (χ0n) is 20.7. The highest BCUT2D eigenvalue weighted by atomic mass is 15.0. The molecule has 0 aliphatic rings. The smallest absolute Gasteiger partial charge is 0.0206 e. The van der Waals surface area contributed by atoms with Crippen LogP contribution in [0, 0.1) is 0 Å². The first-order valence-electron chi connectivity index (χ1n) is 12.7. The minimum atomic E-state index is 0.689. The third-order valence-corrected chi connectivity index (χ3v) is 5.40. The van der Waals surface area contributed by atoms with Crippen LogP contribution in [0.15, 0.2) is 48.5 Å². The van der Waals surface area contributed by atoms with E-state index < -0.39 is 0 Å². The number of nitrogens with two attached hydrogens (primary N) is 2. The molecule has 2 aromatic carbocycles. The number of hydrogen-bond acceptors (Lipinski definition) is 8. The molecule has 0 aliphatic heterocycles. The van der Waals surface area contributed by atoms with Crippen LogP contribution in [-0.2, 0) is 13.1 Å². The van der Waals surface area contributed by atoms with Gasteiger partial charge in [-0.2, -0.15) is 0 Å². The average molecular weight is 471 g/mol. The average Bonchev–Trinajstić information content (AvgIpc) is 2.87. The predicted molar refractivity (Wildman–Crippen MR) is 145 cm³/mol. The van der Waals surface area contributed by atoms with Crippen LogP contribution >= 0.6 is 0 Å². The van der Waals surface area contributed by atoms with Crippen molar-refractivity contribution in [3.63, 3.8) is 0 Å². The topological polar surface area (TPSA) is 124 Å². The quantitative estimate of drug-likeness (QED) is 0.118. The summed E-state index contributed by atoms with van der Waals surface area (Å²) < 4.78 is 0. The fraction of sp³-hybridized carbons (Fsp3) is 0.538.